The van der Waals surface area contributed by atoms with Crippen molar-refractivity contribution in [3.05, 3.63) is 63.7 Å². The van der Waals surface area contributed by atoms with Crippen molar-refractivity contribution in [3.8, 4) is 0 Å². The summed E-state index contributed by atoms with van der Waals surface area (Å²) in [5.74, 6) is 0.559. The van der Waals surface area contributed by atoms with Crippen LogP contribution in [0.25, 0.3) is 16.7 Å². The second-order valence-corrected chi connectivity index (χ2v) is 7.13. The van der Waals surface area contributed by atoms with E-state index in [4.69, 9.17) is 0 Å². The molecule has 1 atom stereocenters. The van der Waals surface area contributed by atoms with Crippen LogP contribution in [0.4, 0.5) is 4.39 Å². The molecule has 9 heteroatoms. The number of benzene rings is 1. The van der Waals surface area contributed by atoms with E-state index < -0.39 is 0 Å². The molecule has 4 heterocycles. The van der Waals surface area contributed by atoms with Crippen molar-refractivity contribution < 1.29 is 4.39 Å². The SMILES string of the molecule is Cc1cc2nc(CN3CCCC3c3nc4ccc(F)cc4[nH]3)cc(=O)n2[nH]1.Cl. The highest BCUT2D eigenvalue weighted by Crippen LogP contribution is 2.32. The Balaban J connectivity index is 0.00000192. The molecule has 0 amide bonds. The van der Waals surface area contributed by atoms with Crippen LogP contribution in [-0.4, -0.2) is 36.0 Å². The summed E-state index contributed by atoms with van der Waals surface area (Å²) in [5, 5.41) is 2.98. The van der Waals surface area contributed by atoms with Gasteiger partial charge in [-0.25, -0.2) is 18.9 Å². The number of aryl methyl sites for hydroxylation is 1. The van der Waals surface area contributed by atoms with Gasteiger partial charge in [0, 0.05) is 24.4 Å². The third-order valence-corrected chi connectivity index (χ3v) is 5.14. The molecule has 1 aliphatic rings. The fraction of sp³-hybridized carbons (Fsp3) is 0.316. The monoisotopic (exact) mass is 402 g/mol. The predicted octanol–water partition coefficient (Wildman–Crippen LogP) is 3.11. The first-order chi connectivity index (χ1) is 13.1. The van der Waals surface area contributed by atoms with E-state index in [1.54, 1.807) is 12.1 Å². The Hall–Kier alpha value is -2.71. The first-order valence-corrected chi connectivity index (χ1v) is 9.04. The molecule has 0 bridgehead atoms. The zero-order chi connectivity index (χ0) is 18.5. The van der Waals surface area contributed by atoms with E-state index in [2.05, 4.69) is 25.0 Å². The molecule has 1 aliphatic heterocycles. The Labute approximate surface area is 166 Å². The number of H-pyrrole nitrogens is 2. The average Bonchev–Trinajstić information content (AvgIpc) is 3.32. The number of aromatic amines is 2. The molecule has 2 N–H and O–H groups in total. The van der Waals surface area contributed by atoms with Gasteiger partial charge >= 0.3 is 0 Å². The molecule has 1 saturated heterocycles. The number of aromatic nitrogens is 5. The zero-order valence-electron chi connectivity index (χ0n) is 15.3. The summed E-state index contributed by atoms with van der Waals surface area (Å²) in [7, 11) is 0. The molecule has 0 spiro atoms. The summed E-state index contributed by atoms with van der Waals surface area (Å²) in [6.45, 7) is 3.38. The van der Waals surface area contributed by atoms with Crippen molar-refractivity contribution in [1.82, 2.24) is 29.5 Å². The molecule has 0 aliphatic carbocycles. The van der Waals surface area contributed by atoms with Crippen LogP contribution in [-0.2, 0) is 6.54 Å². The highest BCUT2D eigenvalue weighted by atomic mass is 35.5. The summed E-state index contributed by atoms with van der Waals surface area (Å²) >= 11 is 0. The lowest BCUT2D eigenvalue weighted by molar-refractivity contribution is 0.238. The first-order valence-electron chi connectivity index (χ1n) is 9.04. The Kier molecular flexibility index (Phi) is 4.68. The summed E-state index contributed by atoms with van der Waals surface area (Å²) < 4.78 is 14.9. The Morgan fingerprint density at radius 3 is 2.96 bits per heavy atom. The molecule has 1 unspecified atom stereocenters. The van der Waals surface area contributed by atoms with Crippen LogP contribution in [0.2, 0.25) is 0 Å². The normalized spacial score (nSPS) is 17.4. The standard InChI is InChI=1S/C19H19FN6O.ClH/c1-11-7-17-21-13(9-18(27)26(17)24-11)10-25-6-2-3-16(25)19-22-14-5-4-12(20)8-15(14)23-19;/h4-5,7-9,16,24H,2-3,6,10H2,1H3,(H,22,23);1H. The maximum atomic E-state index is 13.5. The molecular formula is C19H20ClFN6O. The van der Waals surface area contributed by atoms with Gasteiger partial charge in [-0.1, -0.05) is 0 Å². The molecule has 0 radical (unpaired) electrons. The zero-order valence-corrected chi connectivity index (χ0v) is 16.1. The molecule has 28 heavy (non-hydrogen) atoms. The van der Waals surface area contributed by atoms with Crippen molar-refractivity contribution in [2.75, 3.05) is 6.54 Å². The summed E-state index contributed by atoms with van der Waals surface area (Å²) in [4.78, 5) is 27.1. The fourth-order valence-electron chi connectivity index (χ4n) is 3.93. The van der Waals surface area contributed by atoms with Crippen molar-refractivity contribution in [1.29, 1.82) is 0 Å². The number of imidazole rings is 1. The molecule has 1 fully saturated rings. The van der Waals surface area contributed by atoms with Gasteiger partial charge in [0.1, 0.15) is 11.6 Å². The van der Waals surface area contributed by atoms with Gasteiger partial charge in [-0.3, -0.25) is 14.8 Å². The molecule has 5 rings (SSSR count). The van der Waals surface area contributed by atoms with Crippen molar-refractivity contribution in [3.63, 3.8) is 0 Å². The summed E-state index contributed by atoms with van der Waals surface area (Å²) in [6, 6.07) is 8.12. The third-order valence-electron chi connectivity index (χ3n) is 5.14. The topological polar surface area (TPSA) is 82.1 Å². The number of fused-ring (bicyclic) bond motifs is 2. The Bertz CT molecular complexity index is 1210. The van der Waals surface area contributed by atoms with Gasteiger partial charge in [-0.2, -0.15) is 0 Å². The number of hydrogen-bond donors (Lipinski definition) is 2. The van der Waals surface area contributed by atoms with Crippen LogP contribution in [0.1, 0.15) is 36.1 Å². The lowest BCUT2D eigenvalue weighted by atomic mass is 10.2. The van der Waals surface area contributed by atoms with Crippen molar-refractivity contribution >= 4 is 29.1 Å². The Morgan fingerprint density at radius 1 is 1.25 bits per heavy atom. The van der Waals surface area contributed by atoms with Gasteiger partial charge in [-0.15, -0.1) is 12.4 Å². The number of rotatable bonds is 3. The van der Waals surface area contributed by atoms with E-state index in [0.29, 0.717) is 17.7 Å². The van der Waals surface area contributed by atoms with Crippen molar-refractivity contribution in [2.45, 2.75) is 32.4 Å². The van der Waals surface area contributed by atoms with Crippen LogP contribution < -0.4 is 5.56 Å². The minimum Gasteiger partial charge on any atom is -0.341 e. The lowest BCUT2D eigenvalue weighted by Crippen LogP contribution is -2.26. The lowest BCUT2D eigenvalue weighted by Gasteiger charge is -2.22. The van der Waals surface area contributed by atoms with Crippen LogP contribution in [0, 0.1) is 12.7 Å². The highest BCUT2D eigenvalue weighted by Gasteiger charge is 2.29. The number of nitrogens with zero attached hydrogens (tertiary/aromatic N) is 4. The van der Waals surface area contributed by atoms with Gasteiger partial charge in [0.2, 0.25) is 0 Å². The molecular weight excluding hydrogens is 383 g/mol. The van der Waals surface area contributed by atoms with Crippen LogP contribution in [0.15, 0.2) is 35.1 Å². The maximum Gasteiger partial charge on any atom is 0.272 e. The smallest absolute Gasteiger partial charge is 0.272 e. The largest absolute Gasteiger partial charge is 0.341 e. The maximum absolute atomic E-state index is 13.5. The molecule has 1 aromatic carbocycles. The molecule has 4 aromatic rings. The van der Waals surface area contributed by atoms with Crippen LogP contribution in [0.5, 0.6) is 0 Å². The highest BCUT2D eigenvalue weighted by molar-refractivity contribution is 5.85. The second kappa shape index (κ2) is 7.03. The third kappa shape index (κ3) is 3.18. The molecule has 3 aromatic heterocycles. The van der Waals surface area contributed by atoms with E-state index in [-0.39, 0.29) is 29.8 Å². The van der Waals surface area contributed by atoms with Gasteiger partial charge < -0.3 is 4.98 Å². The first kappa shape index (κ1) is 18.6. The van der Waals surface area contributed by atoms with Gasteiger partial charge in [0.05, 0.1) is 22.8 Å². The molecule has 7 nitrogen and oxygen atoms in total. The van der Waals surface area contributed by atoms with E-state index >= 15 is 0 Å². The van der Waals surface area contributed by atoms with E-state index in [0.717, 1.165) is 42.1 Å². The number of nitrogens with one attached hydrogen (secondary N) is 2. The summed E-state index contributed by atoms with van der Waals surface area (Å²) in [5.41, 5.74) is 3.62. The van der Waals surface area contributed by atoms with E-state index in [1.807, 2.05) is 13.0 Å². The molecule has 146 valence electrons. The van der Waals surface area contributed by atoms with Crippen LogP contribution >= 0.6 is 12.4 Å². The van der Waals surface area contributed by atoms with Gasteiger partial charge in [0.15, 0.2) is 5.65 Å². The Morgan fingerprint density at radius 2 is 2.11 bits per heavy atom. The minimum absolute atomic E-state index is 0. The number of halogens is 2. The quantitative estimate of drug-likeness (QED) is 0.551. The predicted molar refractivity (Wildman–Crippen MR) is 106 cm³/mol. The minimum atomic E-state index is -0.277. The van der Waals surface area contributed by atoms with Crippen LogP contribution in [0.3, 0.4) is 0 Å². The van der Waals surface area contributed by atoms with Gasteiger partial charge in [0.25, 0.3) is 5.56 Å². The number of hydrogen-bond acceptors (Lipinski definition) is 4. The van der Waals surface area contributed by atoms with Crippen molar-refractivity contribution in [2.24, 2.45) is 0 Å². The second-order valence-electron chi connectivity index (χ2n) is 7.13. The number of likely N-dealkylation sites (tertiary alicyclic amines) is 1. The van der Waals surface area contributed by atoms with Gasteiger partial charge in [-0.05, 0) is 44.5 Å². The fourth-order valence-corrected chi connectivity index (χ4v) is 3.93. The summed E-state index contributed by atoms with van der Waals surface area (Å²) in [6.07, 6.45) is 2.01. The molecule has 0 saturated carbocycles. The van der Waals surface area contributed by atoms with E-state index in [1.165, 1.54) is 16.6 Å². The average molecular weight is 403 g/mol. The van der Waals surface area contributed by atoms with E-state index in [9.17, 15) is 9.18 Å².